The SMILES string of the molecule is CCn1c(C)c(N=O)c(=O)n1-c1ccccc1. The van der Waals surface area contributed by atoms with Gasteiger partial charge in [0.1, 0.15) is 0 Å². The lowest BCUT2D eigenvalue weighted by Crippen LogP contribution is -2.20. The maximum Gasteiger partial charge on any atom is 0.301 e. The predicted molar refractivity (Wildman–Crippen MR) is 65.9 cm³/mol. The van der Waals surface area contributed by atoms with Crippen LogP contribution in [0.15, 0.2) is 40.3 Å². The molecule has 5 heteroatoms. The second-order valence-corrected chi connectivity index (χ2v) is 3.69. The summed E-state index contributed by atoms with van der Waals surface area (Å²) in [6.45, 7) is 4.24. The van der Waals surface area contributed by atoms with E-state index in [0.29, 0.717) is 12.2 Å². The number of nitrogens with zero attached hydrogens (tertiary/aromatic N) is 3. The summed E-state index contributed by atoms with van der Waals surface area (Å²) >= 11 is 0. The van der Waals surface area contributed by atoms with E-state index < -0.39 is 0 Å². The zero-order valence-electron chi connectivity index (χ0n) is 9.75. The summed E-state index contributed by atoms with van der Waals surface area (Å²) < 4.78 is 3.22. The number of rotatable bonds is 3. The van der Waals surface area contributed by atoms with Gasteiger partial charge in [-0.2, -0.15) is 0 Å². The van der Waals surface area contributed by atoms with Crippen molar-refractivity contribution in [1.82, 2.24) is 9.36 Å². The van der Waals surface area contributed by atoms with E-state index in [2.05, 4.69) is 5.18 Å². The molecule has 88 valence electrons. The van der Waals surface area contributed by atoms with Gasteiger partial charge in [0.15, 0.2) is 5.69 Å². The smallest absolute Gasteiger partial charge is 0.280 e. The summed E-state index contributed by atoms with van der Waals surface area (Å²) in [6.07, 6.45) is 0. The number of benzene rings is 1. The topological polar surface area (TPSA) is 56.4 Å². The highest BCUT2D eigenvalue weighted by molar-refractivity contribution is 5.43. The molecule has 1 aromatic carbocycles. The van der Waals surface area contributed by atoms with Crippen molar-refractivity contribution in [3.05, 3.63) is 51.3 Å². The summed E-state index contributed by atoms with van der Waals surface area (Å²) in [4.78, 5) is 22.7. The van der Waals surface area contributed by atoms with E-state index in [0.717, 1.165) is 5.69 Å². The summed E-state index contributed by atoms with van der Waals surface area (Å²) in [5.74, 6) is 0. The highest BCUT2D eigenvalue weighted by Gasteiger charge is 2.17. The second-order valence-electron chi connectivity index (χ2n) is 3.69. The standard InChI is InChI=1S/C12H13N3O2/c1-3-14-9(2)11(13-17)12(16)15(14)10-7-5-4-6-8-10/h4-8H,3H2,1-2H3. The van der Waals surface area contributed by atoms with Crippen LogP contribution in [0.3, 0.4) is 0 Å². The van der Waals surface area contributed by atoms with Gasteiger partial charge in [-0.1, -0.05) is 18.2 Å². The maximum absolute atomic E-state index is 12.0. The first-order valence-electron chi connectivity index (χ1n) is 5.42. The molecule has 2 aromatic rings. The van der Waals surface area contributed by atoms with Crippen molar-refractivity contribution >= 4 is 5.69 Å². The van der Waals surface area contributed by atoms with Crippen molar-refractivity contribution in [2.75, 3.05) is 0 Å². The quantitative estimate of drug-likeness (QED) is 0.761. The zero-order chi connectivity index (χ0) is 12.4. The number of hydrogen-bond acceptors (Lipinski definition) is 3. The van der Waals surface area contributed by atoms with Gasteiger partial charge in [0.25, 0.3) is 0 Å². The molecule has 0 aliphatic heterocycles. The van der Waals surface area contributed by atoms with Gasteiger partial charge in [-0.25, -0.2) is 4.68 Å². The van der Waals surface area contributed by atoms with E-state index >= 15 is 0 Å². The van der Waals surface area contributed by atoms with Gasteiger partial charge < -0.3 is 0 Å². The largest absolute Gasteiger partial charge is 0.301 e. The van der Waals surface area contributed by atoms with E-state index in [-0.39, 0.29) is 11.2 Å². The molecule has 1 heterocycles. The number of nitroso groups, excluding NO2 is 1. The van der Waals surface area contributed by atoms with Gasteiger partial charge in [-0.15, -0.1) is 4.91 Å². The van der Waals surface area contributed by atoms with Crippen molar-refractivity contribution in [3.8, 4) is 5.69 Å². The molecule has 0 radical (unpaired) electrons. The van der Waals surface area contributed by atoms with E-state index in [1.807, 2.05) is 37.3 Å². The monoisotopic (exact) mass is 231 g/mol. The molecule has 0 atom stereocenters. The van der Waals surface area contributed by atoms with Gasteiger partial charge in [0.05, 0.1) is 11.4 Å². The molecule has 0 amide bonds. The Balaban J connectivity index is 2.78. The third-order valence-electron chi connectivity index (χ3n) is 2.76. The fourth-order valence-corrected chi connectivity index (χ4v) is 1.95. The Kier molecular flexibility index (Phi) is 2.91. The average Bonchev–Trinajstić information content (AvgIpc) is 2.61. The van der Waals surface area contributed by atoms with Gasteiger partial charge in [0, 0.05) is 6.54 Å². The molecule has 0 spiro atoms. The fraction of sp³-hybridized carbons (Fsp3) is 0.250. The van der Waals surface area contributed by atoms with Crippen molar-refractivity contribution in [1.29, 1.82) is 0 Å². The van der Waals surface area contributed by atoms with E-state index in [4.69, 9.17) is 0 Å². The molecule has 0 saturated heterocycles. The van der Waals surface area contributed by atoms with Crippen molar-refractivity contribution < 1.29 is 0 Å². The molecule has 5 nitrogen and oxygen atoms in total. The van der Waals surface area contributed by atoms with Gasteiger partial charge in [-0.3, -0.25) is 9.48 Å². The lowest BCUT2D eigenvalue weighted by molar-refractivity contribution is 0.559. The van der Waals surface area contributed by atoms with E-state index in [1.165, 1.54) is 4.68 Å². The van der Waals surface area contributed by atoms with Crippen LogP contribution in [0.4, 0.5) is 5.69 Å². The highest BCUT2D eigenvalue weighted by atomic mass is 16.3. The number of para-hydroxylation sites is 1. The Morgan fingerprint density at radius 1 is 1.24 bits per heavy atom. The Bertz CT molecular complexity index is 596. The normalized spacial score (nSPS) is 10.5. The van der Waals surface area contributed by atoms with E-state index in [9.17, 15) is 9.70 Å². The molecular weight excluding hydrogens is 218 g/mol. The maximum atomic E-state index is 12.0. The van der Waals surface area contributed by atoms with Crippen molar-refractivity contribution in [2.24, 2.45) is 5.18 Å². The predicted octanol–water partition coefficient (Wildman–Crippen LogP) is 2.37. The van der Waals surface area contributed by atoms with Gasteiger partial charge in [-0.05, 0) is 31.2 Å². The summed E-state index contributed by atoms with van der Waals surface area (Å²) in [5.41, 5.74) is 0.940. The molecule has 0 bridgehead atoms. The third-order valence-corrected chi connectivity index (χ3v) is 2.76. The minimum absolute atomic E-state index is 0.0179. The molecule has 0 aliphatic rings. The van der Waals surface area contributed by atoms with Crippen LogP contribution in [0.2, 0.25) is 0 Å². The Hall–Kier alpha value is -2.17. The molecule has 17 heavy (non-hydrogen) atoms. The van der Waals surface area contributed by atoms with Crippen LogP contribution >= 0.6 is 0 Å². The van der Waals surface area contributed by atoms with Crippen LogP contribution in [0.25, 0.3) is 5.69 Å². The Morgan fingerprint density at radius 2 is 1.88 bits per heavy atom. The molecule has 0 unspecified atom stereocenters. The Morgan fingerprint density at radius 3 is 2.41 bits per heavy atom. The molecule has 0 fully saturated rings. The lowest BCUT2D eigenvalue weighted by Gasteiger charge is -2.10. The highest BCUT2D eigenvalue weighted by Crippen LogP contribution is 2.16. The third kappa shape index (κ3) is 1.69. The molecule has 0 N–H and O–H groups in total. The minimum atomic E-state index is -0.370. The van der Waals surface area contributed by atoms with Gasteiger partial charge in [0.2, 0.25) is 0 Å². The molecule has 2 rings (SSSR count). The van der Waals surface area contributed by atoms with E-state index in [1.54, 1.807) is 11.6 Å². The fourth-order valence-electron chi connectivity index (χ4n) is 1.95. The average molecular weight is 231 g/mol. The first kappa shape index (κ1) is 11.3. The van der Waals surface area contributed by atoms with Crippen LogP contribution in [0.1, 0.15) is 12.6 Å². The van der Waals surface area contributed by atoms with Crippen LogP contribution in [0, 0.1) is 11.8 Å². The lowest BCUT2D eigenvalue weighted by atomic mass is 10.3. The van der Waals surface area contributed by atoms with Crippen molar-refractivity contribution in [3.63, 3.8) is 0 Å². The number of hydrogen-bond donors (Lipinski definition) is 0. The number of aromatic nitrogens is 2. The van der Waals surface area contributed by atoms with Crippen LogP contribution in [-0.2, 0) is 6.54 Å². The van der Waals surface area contributed by atoms with Gasteiger partial charge >= 0.3 is 5.56 Å². The second kappa shape index (κ2) is 4.37. The first-order chi connectivity index (χ1) is 8.20. The Labute approximate surface area is 98.3 Å². The molecular formula is C12H13N3O2. The zero-order valence-corrected chi connectivity index (χ0v) is 9.75. The van der Waals surface area contributed by atoms with Crippen LogP contribution in [-0.4, -0.2) is 9.36 Å². The van der Waals surface area contributed by atoms with Crippen LogP contribution in [0.5, 0.6) is 0 Å². The van der Waals surface area contributed by atoms with Crippen LogP contribution < -0.4 is 5.56 Å². The van der Waals surface area contributed by atoms with Crippen molar-refractivity contribution in [2.45, 2.75) is 20.4 Å². The molecule has 1 aromatic heterocycles. The summed E-state index contributed by atoms with van der Waals surface area (Å²) in [5, 5.41) is 2.82. The summed E-state index contributed by atoms with van der Waals surface area (Å²) in [6, 6.07) is 9.21. The molecule has 0 saturated carbocycles. The minimum Gasteiger partial charge on any atom is -0.280 e. The molecule has 0 aliphatic carbocycles. The summed E-state index contributed by atoms with van der Waals surface area (Å²) in [7, 11) is 0. The first-order valence-corrected chi connectivity index (χ1v) is 5.42.